The summed E-state index contributed by atoms with van der Waals surface area (Å²) in [4.78, 5) is 4.14. The van der Waals surface area contributed by atoms with Gasteiger partial charge in [-0.05, 0) is 23.1 Å². The van der Waals surface area contributed by atoms with Gasteiger partial charge in [-0.3, -0.25) is 4.98 Å². The quantitative estimate of drug-likeness (QED) is 0.912. The van der Waals surface area contributed by atoms with Crippen molar-refractivity contribution >= 4 is 0 Å². The molecular formula is C16H20N2O. The van der Waals surface area contributed by atoms with Crippen LogP contribution in [-0.2, 0) is 12.0 Å². The molecule has 100 valence electrons. The first-order valence-corrected chi connectivity index (χ1v) is 6.42. The third-order valence-electron chi connectivity index (χ3n) is 2.93. The molecule has 0 aliphatic carbocycles. The van der Waals surface area contributed by atoms with Crippen LogP contribution in [0.15, 0.2) is 42.7 Å². The van der Waals surface area contributed by atoms with Gasteiger partial charge in [0.15, 0.2) is 0 Å². The number of aromatic nitrogens is 1. The van der Waals surface area contributed by atoms with E-state index >= 15 is 0 Å². The lowest BCUT2D eigenvalue weighted by Gasteiger charge is -2.22. The lowest BCUT2D eigenvalue weighted by molar-refractivity contribution is 0.453. The molecule has 0 aliphatic heterocycles. The fourth-order valence-electron chi connectivity index (χ4n) is 1.93. The minimum absolute atomic E-state index is 0.0372. The average Bonchev–Trinajstić information content (AvgIpc) is 2.38. The zero-order valence-electron chi connectivity index (χ0n) is 11.7. The van der Waals surface area contributed by atoms with E-state index in [1.807, 2.05) is 24.3 Å². The molecule has 0 fully saturated rings. The predicted octanol–water partition coefficient (Wildman–Crippen LogP) is 3.63. The van der Waals surface area contributed by atoms with Crippen LogP contribution >= 0.6 is 0 Å². The molecule has 3 nitrogen and oxygen atoms in total. The molecule has 1 aromatic carbocycles. The molecule has 1 heterocycles. The molecule has 19 heavy (non-hydrogen) atoms. The number of ether oxygens (including phenoxy) is 1. The summed E-state index contributed by atoms with van der Waals surface area (Å²) in [5.74, 6) is 1.59. The van der Waals surface area contributed by atoms with Crippen LogP contribution in [0, 0.1) is 0 Å². The second-order valence-corrected chi connectivity index (χ2v) is 5.58. The van der Waals surface area contributed by atoms with Gasteiger partial charge < -0.3 is 10.5 Å². The summed E-state index contributed by atoms with van der Waals surface area (Å²) in [6.07, 6.45) is 3.46. The second-order valence-electron chi connectivity index (χ2n) is 5.58. The van der Waals surface area contributed by atoms with E-state index in [2.05, 4.69) is 31.8 Å². The molecule has 2 aromatic rings. The average molecular weight is 256 g/mol. The first kappa shape index (κ1) is 13.6. The summed E-state index contributed by atoms with van der Waals surface area (Å²) < 4.78 is 5.96. The minimum Gasteiger partial charge on any atom is -0.455 e. The lowest BCUT2D eigenvalue weighted by Crippen LogP contribution is -2.12. The van der Waals surface area contributed by atoms with Crippen LogP contribution in [0.5, 0.6) is 11.5 Å². The van der Waals surface area contributed by atoms with Crippen LogP contribution in [0.4, 0.5) is 0 Å². The van der Waals surface area contributed by atoms with Crippen molar-refractivity contribution in [1.82, 2.24) is 4.98 Å². The Balaban J connectivity index is 2.33. The van der Waals surface area contributed by atoms with Gasteiger partial charge in [0.1, 0.15) is 11.5 Å². The monoisotopic (exact) mass is 256 g/mol. The first-order valence-electron chi connectivity index (χ1n) is 6.42. The van der Waals surface area contributed by atoms with Crippen molar-refractivity contribution in [2.45, 2.75) is 32.7 Å². The molecule has 2 rings (SSSR count). The zero-order chi connectivity index (χ0) is 13.9. The van der Waals surface area contributed by atoms with Gasteiger partial charge in [0, 0.05) is 18.3 Å². The zero-order valence-corrected chi connectivity index (χ0v) is 11.7. The normalized spacial score (nSPS) is 11.4. The van der Waals surface area contributed by atoms with Gasteiger partial charge in [0.2, 0.25) is 0 Å². The van der Waals surface area contributed by atoms with Gasteiger partial charge in [-0.15, -0.1) is 0 Å². The largest absolute Gasteiger partial charge is 0.455 e. The van der Waals surface area contributed by atoms with Crippen molar-refractivity contribution < 1.29 is 4.74 Å². The van der Waals surface area contributed by atoms with Crippen molar-refractivity contribution in [3.05, 3.63) is 53.9 Å². The summed E-state index contributed by atoms with van der Waals surface area (Å²) in [6.45, 7) is 6.97. The van der Waals surface area contributed by atoms with Crippen LogP contribution in [0.2, 0.25) is 0 Å². The third kappa shape index (κ3) is 3.32. The van der Waals surface area contributed by atoms with Crippen LogP contribution in [0.3, 0.4) is 0 Å². The van der Waals surface area contributed by atoms with Crippen molar-refractivity contribution in [2.75, 3.05) is 0 Å². The van der Waals surface area contributed by atoms with Gasteiger partial charge in [-0.1, -0.05) is 39.0 Å². The SMILES string of the molecule is CC(C)(C)c1ccccc1Oc1cncc(CN)c1. The highest BCUT2D eigenvalue weighted by Crippen LogP contribution is 2.33. The highest BCUT2D eigenvalue weighted by molar-refractivity contribution is 5.41. The van der Waals surface area contributed by atoms with Crippen LogP contribution in [0.25, 0.3) is 0 Å². The lowest BCUT2D eigenvalue weighted by atomic mass is 9.86. The summed E-state index contributed by atoms with van der Waals surface area (Å²) >= 11 is 0. The molecule has 1 aromatic heterocycles. The van der Waals surface area contributed by atoms with E-state index in [4.69, 9.17) is 10.5 Å². The summed E-state index contributed by atoms with van der Waals surface area (Å²) in [7, 11) is 0. The molecule has 0 bridgehead atoms. The van der Waals surface area contributed by atoms with Gasteiger partial charge in [-0.2, -0.15) is 0 Å². The number of pyridine rings is 1. The summed E-state index contributed by atoms with van der Waals surface area (Å²) in [6, 6.07) is 10.0. The molecule has 0 amide bonds. The van der Waals surface area contributed by atoms with Gasteiger partial charge in [0.25, 0.3) is 0 Å². The van der Waals surface area contributed by atoms with Crippen molar-refractivity contribution in [1.29, 1.82) is 0 Å². The van der Waals surface area contributed by atoms with E-state index in [0.29, 0.717) is 6.54 Å². The van der Waals surface area contributed by atoms with Gasteiger partial charge >= 0.3 is 0 Å². The fraction of sp³-hybridized carbons (Fsp3) is 0.312. The highest BCUT2D eigenvalue weighted by atomic mass is 16.5. The van der Waals surface area contributed by atoms with E-state index in [1.165, 1.54) is 5.56 Å². The van der Waals surface area contributed by atoms with Crippen LogP contribution in [0.1, 0.15) is 31.9 Å². The van der Waals surface area contributed by atoms with Crippen molar-refractivity contribution in [2.24, 2.45) is 5.73 Å². The van der Waals surface area contributed by atoms with E-state index in [1.54, 1.807) is 12.4 Å². The number of rotatable bonds is 3. The molecule has 0 saturated heterocycles. The predicted molar refractivity (Wildman–Crippen MR) is 77.3 cm³/mol. The van der Waals surface area contributed by atoms with Gasteiger partial charge in [-0.25, -0.2) is 0 Å². The Morgan fingerprint density at radius 2 is 1.89 bits per heavy atom. The molecule has 2 N–H and O–H groups in total. The van der Waals surface area contributed by atoms with Crippen LogP contribution in [-0.4, -0.2) is 4.98 Å². The fourth-order valence-corrected chi connectivity index (χ4v) is 1.93. The minimum atomic E-state index is 0.0372. The molecule has 0 saturated carbocycles. The van der Waals surface area contributed by atoms with E-state index < -0.39 is 0 Å². The van der Waals surface area contributed by atoms with Gasteiger partial charge in [0.05, 0.1) is 6.20 Å². The Hall–Kier alpha value is -1.87. The maximum Gasteiger partial charge on any atom is 0.146 e. The number of benzene rings is 1. The van der Waals surface area contributed by atoms with Crippen molar-refractivity contribution in [3.63, 3.8) is 0 Å². The first-order chi connectivity index (χ1) is 9.00. The molecule has 0 radical (unpaired) electrons. The molecule has 0 unspecified atom stereocenters. The number of nitrogens with zero attached hydrogens (tertiary/aromatic N) is 1. The Kier molecular flexibility index (Phi) is 3.86. The smallest absolute Gasteiger partial charge is 0.146 e. The standard InChI is InChI=1S/C16H20N2O/c1-16(2,3)14-6-4-5-7-15(14)19-13-8-12(9-17)10-18-11-13/h4-8,10-11H,9,17H2,1-3H3. The highest BCUT2D eigenvalue weighted by Gasteiger charge is 2.18. The van der Waals surface area contributed by atoms with Crippen LogP contribution < -0.4 is 10.5 Å². The van der Waals surface area contributed by atoms with E-state index in [-0.39, 0.29) is 5.41 Å². The Bertz CT molecular complexity index is 559. The van der Waals surface area contributed by atoms with Crippen molar-refractivity contribution in [3.8, 4) is 11.5 Å². The second kappa shape index (κ2) is 5.41. The number of hydrogen-bond donors (Lipinski definition) is 1. The molecule has 0 aliphatic rings. The number of nitrogens with two attached hydrogens (primary N) is 1. The van der Waals surface area contributed by atoms with E-state index in [9.17, 15) is 0 Å². The number of hydrogen-bond acceptors (Lipinski definition) is 3. The topological polar surface area (TPSA) is 48.1 Å². The number of para-hydroxylation sites is 1. The summed E-state index contributed by atoms with van der Waals surface area (Å²) in [5, 5.41) is 0. The Morgan fingerprint density at radius 1 is 1.16 bits per heavy atom. The Labute approximate surface area is 114 Å². The molecule has 3 heteroatoms. The molecule has 0 atom stereocenters. The maximum atomic E-state index is 5.96. The third-order valence-corrected chi connectivity index (χ3v) is 2.93. The molecular weight excluding hydrogens is 236 g/mol. The van der Waals surface area contributed by atoms with E-state index in [0.717, 1.165) is 17.1 Å². The maximum absolute atomic E-state index is 5.96. The molecule has 0 spiro atoms. The summed E-state index contributed by atoms with van der Waals surface area (Å²) in [5.41, 5.74) is 7.79. The Morgan fingerprint density at radius 3 is 2.58 bits per heavy atom.